The molecule has 0 fully saturated rings. The number of carbonyl (C=O) groups excluding carboxylic acids is 2. The number of hydrogen-bond donors (Lipinski definition) is 2. The van der Waals surface area contributed by atoms with Crippen LogP contribution in [0.5, 0.6) is 0 Å². The predicted molar refractivity (Wildman–Crippen MR) is 91.4 cm³/mol. The molecular formula is C17H23N4O4+. The molecule has 0 spiro atoms. The highest BCUT2D eigenvalue weighted by Gasteiger charge is 2.17. The van der Waals surface area contributed by atoms with Gasteiger partial charge in [-0.15, -0.1) is 0 Å². The molecule has 2 amide bonds. The Balaban J connectivity index is 2.11. The molecule has 2 rings (SSSR count). The van der Waals surface area contributed by atoms with Crippen LogP contribution in [0.2, 0.25) is 0 Å². The number of imide groups is 1. The summed E-state index contributed by atoms with van der Waals surface area (Å²) in [5.41, 5.74) is 1.85. The van der Waals surface area contributed by atoms with Crippen molar-refractivity contribution in [2.24, 2.45) is 0 Å². The topological polar surface area (TPSA) is 94.2 Å². The first-order chi connectivity index (χ1) is 11.9. The monoisotopic (exact) mass is 347 g/mol. The van der Waals surface area contributed by atoms with E-state index in [0.717, 1.165) is 10.6 Å². The average Bonchev–Trinajstić information content (AvgIpc) is 2.54. The van der Waals surface area contributed by atoms with Crippen LogP contribution in [0.15, 0.2) is 29.1 Å². The molecule has 2 heterocycles. The highest BCUT2D eigenvalue weighted by molar-refractivity contribution is 5.92. The quantitative estimate of drug-likeness (QED) is 0.747. The van der Waals surface area contributed by atoms with Gasteiger partial charge in [-0.05, 0) is 32.9 Å². The summed E-state index contributed by atoms with van der Waals surface area (Å²) in [6.45, 7) is 6.78. The molecule has 2 N–H and O–H groups in total. The molecule has 0 aliphatic rings. The van der Waals surface area contributed by atoms with Crippen molar-refractivity contribution >= 4 is 17.6 Å². The van der Waals surface area contributed by atoms with Crippen LogP contribution in [0.4, 0.5) is 4.79 Å². The molecule has 0 aromatic carbocycles. The van der Waals surface area contributed by atoms with Gasteiger partial charge in [0.2, 0.25) is 0 Å². The minimum atomic E-state index is -0.750. The van der Waals surface area contributed by atoms with Gasteiger partial charge in [-0.3, -0.25) is 19.3 Å². The summed E-state index contributed by atoms with van der Waals surface area (Å²) in [5, 5.41) is 2.17. The first kappa shape index (κ1) is 18.6. The zero-order valence-electron chi connectivity index (χ0n) is 14.7. The number of pyridine rings is 1. The van der Waals surface area contributed by atoms with Gasteiger partial charge in [0, 0.05) is 11.8 Å². The Labute approximate surface area is 145 Å². The summed E-state index contributed by atoms with van der Waals surface area (Å²) in [5.74, 6) is -0.427. The first-order valence-electron chi connectivity index (χ1n) is 8.23. The van der Waals surface area contributed by atoms with E-state index in [1.807, 2.05) is 26.0 Å². The molecule has 0 aliphatic heterocycles. The van der Waals surface area contributed by atoms with Gasteiger partial charge >= 0.3 is 6.09 Å². The maximum atomic E-state index is 12.3. The average molecular weight is 347 g/mol. The second-order valence-corrected chi connectivity index (χ2v) is 5.67. The Morgan fingerprint density at radius 3 is 2.76 bits per heavy atom. The second-order valence-electron chi connectivity index (χ2n) is 5.67. The summed E-state index contributed by atoms with van der Waals surface area (Å²) < 4.78 is 6.23. The van der Waals surface area contributed by atoms with Crippen molar-refractivity contribution in [3.63, 3.8) is 0 Å². The van der Waals surface area contributed by atoms with E-state index in [4.69, 9.17) is 0 Å². The summed E-state index contributed by atoms with van der Waals surface area (Å²) in [4.78, 5) is 40.9. The number of rotatable bonds is 6. The maximum Gasteiger partial charge on any atom is 0.414 e. The number of likely N-dealkylation sites (N-methyl/N-ethyl adjacent to an activating group) is 1. The molecule has 0 aliphatic carbocycles. The normalized spacial score (nSPS) is 12.0. The lowest BCUT2D eigenvalue weighted by molar-refractivity contribution is -0.904. The van der Waals surface area contributed by atoms with E-state index in [2.05, 4.69) is 15.0 Å². The van der Waals surface area contributed by atoms with Gasteiger partial charge in [-0.2, -0.15) is 0 Å². The highest BCUT2D eigenvalue weighted by Crippen LogP contribution is 2.02. The largest absolute Gasteiger partial charge is 0.450 e. The zero-order valence-corrected chi connectivity index (χ0v) is 14.7. The van der Waals surface area contributed by atoms with Crippen LogP contribution in [0.1, 0.15) is 25.2 Å². The van der Waals surface area contributed by atoms with Crippen LogP contribution >= 0.6 is 0 Å². The van der Waals surface area contributed by atoms with Crippen LogP contribution in [0, 0.1) is 6.92 Å². The van der Waals surface area contributed by atoms with Crippen molar-refractivity contribution in [1.82, 2.24) is 14.7 Å². The lowest BCUT2D eigenvalue weighted by Crippen LogP contribution is -3.11. The molecule has 1 atom stereocenters. The molecule has 134 valence electrons. The molecule has 2 aromatic heterocycles. The van der Waals surface area contributed by atoms with Gasteiger partial charge in [0.1, 0.15) is 17.9 Å². The molecule has 25 heavy (non-hydrogen) atoms. The van der Waals surface area contributed by atoms with Crippen LogP contribution in [-0.2, 0) is 16.1 Å². The predicted octanol–water partition coefficient (Wildman–Crippen LogP) is -0.320. The van der Waals surface area contributed by atoms with Crippen molar-refractivity contribution in [3.05, 3.63) is 46.0 Å². The van der Waals surface area contributed by atoms with E-state index in [1.165, 1.54) is 6.07 Å². The van der Waals surface area contributed by atoms with E-state index in [-0.39, 0.29) is 18.7 Å². The fourth-order valence-corrected chi connectivity index (χ4v) is 2.58. The van der Waals surface area contributed by atoms with E-state index < -0.39 is 12.0 Å². The minimum Gasteiger partial charge on any atom is -0.450 e. The Bertz CT molecular complexity index is 831. The molecular weight excluding hydrogens is 324 g/mol. The number of amides is 2. The van der Waals surface area contributed by atoms with Crippen LogP contribution in [0.3, 0.4) is 0 Å². The number of nitrogens with zero attached hydrogens (tertiary/aromatic N) is 2. The summed E-state index contributed by atoms with van der Waals surface area (Å²) in [6.07, 6.45) is -0.750. The standard InChI is InChI=1S/C17H22N4O4/c1-4-20(11-15(22)19-17(24)25-5-2)10-13-9-16(23)21-12(3)7-6-8-14(21)18-13/h6-9H,4-5,10-11H2,1-3H3,(H,19,22,24)/p+1. The molecule has 0 saturated carbocycles. The van der Waals surface area contributed by atoms with Gasteiger partial charge < -0.3 is 9.64 Å². The molecule has 1 unspecified atom stereocenters. The Morgan fingerprint density at radius 1 is 1.32 bits per heavy atom. The molecule has 8 nitrogen and oxygen atoms in total. The maximum absolute atomic E-state index is 12.3. The fourth-order valence-electron chi connectivity index (χ4n) is 2.58. The van der Waals surface area contributed by atoms with E-state index in [9.17, 15) is 14.4 Å². The third-order valence-electron chi connectivity index (χ3n) is 3.79. The third kappa shape index (κ3) is 4.87. The van der Waals surface area contributed by atoms with Crippen molar-refractivity contribution in [3.8, 4) is 0 Å². The number of quaternary nitrogens is 1. The second kappa shape index (κ2) is 8.39. The number of aryl methyl sites for hydroxylation is 1. The van der Waals surface area contributed by atoms with Crippen LogP contribution < -0.4 is 15.8 Å². The van der Waals surface area contributed by atoms with Gasteiger partial charge in [-0.25, -0.2) is 9.78 Å². The van der Waals surface area contributed by atoms with Gasteiger partial charge in [-0.1, -0.05) is 6.07 Å². The SMILES string of the molecule is CCOC(=O)NC(=O)C[NH+](CC)Cc1cc(=O)n2c(C)cccc2n1. The van der Waals surface area contributed by atoms with E-state index >= 15 is 0 Å². The van der Waals surface area contributed by atoms with Crippen molar-refractivity contribution in [1.29, 1.82) is 0 Å². The highest BCUT2D eigenvalue weighted by atomic mass is 16.5. The number of aromatic nitrogens is 2. The lowest BCUT2D eigenvalue weighted by Gasteiger charge is -2.16. The summed E-state index contributed by atoms with van der Waals surface area (Å²) in [7, 11) is 0. The van der Waals surface area contributed by atoms with E-state index in [0.29, 0.717) is 24.4 Å². The van der Waals surface area contributed by atoms with E-state index in [1.54, 1.807) is 17.4 Å². The number of hydrogen-bond acceptors (Lipinski definition) is 5. The Morgan fingerprint density at radius 2 is 2.08 bits per heavy atom. The fraction of sp³-hybridized carbons (Fsp3) is 0.412. The molecule has 0 saturated heterocycles. The van der Waals surface area contributed by atoms with Crippen LogP contribution in [-0.4, -0.2) is 41.1 Å². The molecule has 0 radical (unpaired) electrons. The smallest absolute Gasteiger partial charge is 0.414 e. The number of nitrogens with one attached hydrogen (secondary N) is 2. The van der Waals surface area contributed by atoms with Crippen LogP contribution in [0.25, 0.3) is 5.65 Å². The zero-order chi connectivity index (χ0) is 18.4. The molecule has 2 aromatic rings. The van der Waals surface area contributed by atoms with Gasteiger partial charge in [0.05, 0.1) is 13.2 Å². The number of alkyl carbamates (subject to hydrolysis) is 1. The Hall–Kier alpha value is -2.74. The molecule has 0 bridgehead atoms. The van der Waals surface area contributed by atoms with Gasteiger partial charge in [0.25, 0.3) is 11.5 Å². The van der Waals surface area contributed by atoms with Crippen molar-refractivity contribution in [2.45, 2.75) is 27.3 Å². The minimum absolute atomic E-state index is 0.0875. The summed E-state index contributed by atoms with van der Waals surface area (Å²) >= 11 is 0. The third-order valence-corrected chi connectivity index (χ3v) is 3.79. The first-order valence-corrected chi connectivity index (χ1v) is 8.23. The lowest BCUT2D eigenvalue weighted by atomic mass is 10.3. The number of fused-ring (bicyclic) bond motifs is 1. The van der Waals surface area contributed by atoms with Crippen molar-refractivity contribution < 1.29 is 19.2 Å². The molecule has 8 heteroatoms. The van der Waals surface area contributed by atoms with Gasteiger partial charge in [0.15, 0.2) is 6.54 Å². The number of ether oxygens (including phenoxy) is 1. The Kier molecular flexibility index (Phi) is 6.24. The summed E-state index contributed by atoms with van der Waals surface area (Å²) in [6, 6.07) is 6.95. The number of carbonyl (C=O) groups is 2. The van der Waals surface area contributed by atoms with Crippen molar-refractivity contribution in [2.75, 3.05) is 19.7 Å².